The third kappa shape index (κ3) is 2.42. The zero-order chi connectivity index (χ0) is 11.7. The Morgan fingerprint density at radius 3 is 2.94 bits per heavy atom. The van der Waals surface area contributed by atoms with E-state index >= 15 is 0 Å². The molecule has 1 fully saturated rings. The molecule has 1 heterocycles. The Balaban J connectivity index is 2.30. The van der Waals surface area contributed by atoms with Crippen molar-refractivity contribution in [1.29, 1.82) is 0 Å². The van der Waals surface area contributed by atoms with E-state index in [4.69, 9.17) is 0 Å². The summed E-state index contributed by atoms with van der Waals surface area (Å²) in [5.74, 6) is 0.691. The summed E-state index contributed by atoms with van der Waals surface area (Å²) < 4.78 is 1.15. The average Bonchev–Trinajstić information content (AvgIpc) is 2.63. The molecule has 0 N–H and O–H groups in total. The Hall–Kier alpha value is -0.100. The van der Waals surface area contributed by atoms with E-state index in [1.165, 1.54) is 5.56 Å². The van der Waals surface area contributed by atoms with Crippen molar-refractivity contribution in [2.75, 3.05) is 16.8 Å². The second kappa shape index (κ2) is 5.04. The monoisotopic (exact) mass is 393 g/mol. The zero-order valence-electron chi connectivity index (χ0n) is 9.04. The predicted octanol–water partition coefficient (Wildman–Crippen LogP) is 3.35. The van der Waals surface area contributed by atoms with Gasteiger partial charge in [-0.1, -0.05) is 22.0 Å². The molecular formula is C12H13BrINO. The summed E-state index contributed by atoms with van der Waals surface area (Å²) in [6.45, 7) is 2.89. The minimum absolute atomic E-state index is 0.243. The molecule has 1 amide bonds. The highest BCUT2D eigenvalue weighted by atomic mass is 127. The molecule has 1 aliphatic rings. The Labute approximate surface area is 118 Å². The minimum atomic E-state index is 0.243. The fourth-order valence-corrected chi connectivity index (χ4v) is 3.01. The number of halogens is 2. The van der Waals surface area contributed by atoms with Gasteiger partial charge in [-0.3, -0.25) is 4.79 Å². The molecule has 1 unspecified atom stereocenters. The molecule has 86 valence electrons. The first kappa shape index (κ1) is 12.4. The molecule has 2 rings (SSSR count). The summed E-state index contributed by atoms with van der Waals surface area (Å²) >= 11 is 5.75. The van der Waals surface area contributed by atoms with E-state index in [-0.39, 0.29) is 5.91 Å². The van der Waals surface area contributed by atoms with Gasteiger partial charge in [-0.2, -0.15) is 0 Å². The fraction of sp³-hybridized carbons (Fsp3) is 0.417. The van der Waals surface area contributed by atoms with Crippen LogP contribution >= 0.6 is 38.5 Å². The predicted molar refractivity (Wildman–Crippen MR) is 78.2 cm³/mol. The lowest BCUT2D eigenvalue weighted by Crippen LogP contribution is -2.25. The number of hydrogen-bond donors (Lipinski definition) is 0. The van der Waals surface area contributed by atoms with Crippen molar-refractivity contribution in [2.24, 2.45) is 5.92 Å². The number of carbonyl (C=O) groups is 1. The van der Waals surface area contributed by atoms with Crippen LogP contribution in [0.3, 0.4) is 0 Å². The van der Waals surface area contributed by atoms with Crippen molar-refractivity contribution >= 4 is 50.1 Å². The van der Waals surface area contributed by atoms with Crippen LogP contribution in [0.25, 0.3) is 0 Å². The molecule has 1 aromatic rings. The van der Waals surface area contributed by atoms with Crippen LogP contribution in [0.1, 0.15) is 12.0 Å². The summed E-state index contributed by atoms with van der Waals surface area (Å²) in [5.41, 5.74) is 2.26. The summed E-state index contributed by atoms with van der Waals surface area (Å²) in [7, 11) is 0. The normalized spacial score (nSPS) is 20.6. The number of nitrogens with zero attached hydrogens (tertiary/aromatic N) is 1. The third-order valence-electron chi connectivity index (χ3n) is 2.82. The highest BCUT2D eigenvalue weighted by molar-refractivity contribution is 14.1. The lowest BCUT2D eigenvalue weighted by molar-refractivity contribution is -0.117. The third-order valence-corrected chi connectivity index (χ3v) is 4.64. The van der Waals surface area contributed by atoms with Gasteiger partial charge in [0.05, 0.1) is 5.69 Å². The molecule has 0 aliphatic carbocycles. The van der Waals surface area contributed by atoms with E-state index in [9.17, 15) is 4.79 Å². The van der Waals surface area contributed by atoms with E-state index in [0.717, 1.165) is 21.1 Å². The zero-order valence-corrected chi connectivity index (χ0v) is 12.8. The largest absolute Gasteiger partial charge is 0.311 e. The molecule has 1 aliphatic heterocycles. The highest BCUT2D eigenvalue weighted by Crippen LogP contribution is 2.30. The Morgan fingerprint density at radius 1 is 1.56 bits per heavy atom. The lowest BCUT2D eigenvalue weighted by atomic mass is 10.2. The van der Waals surface area contributed by atoms with Crippen molar-refractivity contribution in [3.8, 4) is 0 Å². The maximum Gasteiger partial charge on any atom is 0.227 e. The molecular weight excluding hydrogens is 381 g/mol. The van der Waals surface area contributed by atoms with Crippen LogP contribution in [0, 0.1) is 16.4 Å². The average molecular weight is 394 g/mol. The number of carbonyl (C=O) groups excluding carboxylic acids is 1. The maximum absolute atomic E-state index is 11.9. The van der Waals surface area contributed by atoms with Crippen LogP contribution in [0.2, 0.25) is 0 Å². The molecule has 0 aromatic heterocycles. The molecule has 1 saturated heterocycles. The van der Waals surface area contributed by atoms with Crippen LogP contribution in [0.15, 0.2) is 18.2 Å². The van der Waals surface area contributed by atoms with E-state index in [1.807, 2.05) is 4.90 Å². The van der Waals surface area contributed by atoms with E-state index < -0.39 is 0 Å². The molecule has 2 nitrogen and oxygen atoms in total. The van der Waals surface area contributed by atoms with Gasteiger partial charge in [0, 0.05) is 21.9 Å². The highest BCUT2D eigenvalue weighted by Gasteiger charge is 2.30. The summed E-state index contributed by atoms with van der Waals surface area (Å²) in [5, 5.41) is 0.900. The number of aryl methyl sites for hydroxylation is 1. The smallest absolute Gasteiger partial charge is 0.227 e. The second-order valence-electron chi connectivity index (χ2n) is 4.18. The van der Waals surface area contributed by atoms with Gasteiger partial charge < -0.3 is 4.90 Å². The molecule has 0 radical (unpaired) electrons. The fourth-order valence-electron chi connectivity index (χ4n) is 1.95. The minimum Gasteiger partial charge on any atom is -0.311 e. The standard InChI is InChI=1S/C12H13BrINO/c1-8-2-3-10(14)11(4-8)15-7-9(6-13)5-12(15)16/h2-4,9H,5-7H2,1H3. The Morgan fingerprint density at radius 2 is 2.31 bits per heavy atom. The SMILES string of the molecule is Cc1ccc(I)c(N2CC(CBr)CC2=O)c1. The van der Waals surface area contributed by atoms with Crippen LogP contribution in [-0.2, 0) is 4.79 Å². The number of rotatable bonds is 2. The number of amides is 1. The van der Waals surface area contributed by atoms with Crippen LogP contribution in [0.5, 0.6) is 0 Å². The summed E-state index contributed by atoms with van der Waals surface area (Å²) in [6, 6.07) is 6.24. The first-order valence-electron chi connectivity index (χ1n) is 5.24. The Bertz CT molecular complexity index is 421. The van der Waals surface area contributed by atoms with Crippen LogP contribution in [0.4, 0.5) is 5.69 Å². The molecule has 0 bridgehead atoms. The van der Waals surface area contributed by atoms with Gasteiger partial charge in [-0.05, 0) is 53.1 Å². The van der Waals surface area contributed by atoms with Gasteiger partial charge in [0.15, 0.2) is 0 Å². The van der Waals surface area contributed by atoms with Gasteiger partial charge in [0.2, 0.25) is 5.91 Å². The number of benzene rings is 1. The van der Waals surface area contributed by atoms with Gasteiger partial charge in [-0.25, -0.2) is 0 Å². The van der Waals surface area contributed by atoms with Crippen molar-refractivity contribution in [3.05, 3.63) is 27.3 Å². The topological polar surface area (TPSA) is 20.3 Å². The molecule has 1 atom stereocenters. The van der Waals surface area contributed by atoms with Crippen molar-refractivity contribution in [2.45, 2.75) is 13.3 Å². The second-order valence-corrected chi connectivity index (χ2v) is 5.99. The number of anilines is 1. The number of alkyl halides is 1. The first-order valence-corrected chi connectivity index (χ1v) is 7.44. The number of hydrogen-bond acceptors (Lipinski definition) is 1. The van der Waals surface area contributed by atoms with Gasteiger partial charge >= 0.3 is 0 Å². The van der Waals surface area contributed by atoms with Gasteiger partial charge in [0.1, 0.15) is 0 Å². The maximum atomic E-state index is 11.9. The molecule has 1 aromatic carbocycles. The molecule has 4 heteroatoms. The van der Waals surface area contributed by atoms with E-state index in [1.54, 1.807) is 0 Å². The summed E-state index contributed by atoms with van der Waals surface area (Å²) in [4.78, 5) is 13.8. The van der Waals surface area contributed by atoms with Crippen LogP contribution < -0.4 is 4.90 Å². The molecule has 0 spiro atoms. The first-order chi connectivity index (χ1) is 7.61. The van der Waals surface area contributed by atoms with Gasteiger partial charge in [0.25, 0.3) is 0 Å². The molecule has 16 heavy (non-hydrogen) atoms. The lowest BCUT2D eigenvalue weighted by Gasteiger charge is -2.18. The summed E-state index contributed by atoms with van der Waals surface area (Å²) in [6.07, 6.45) is 0.662. The van der Waals surface area contributed by atoms with Crippen molar-refractivity contribution in [3.63, 3.8) is 0 Å². The van der Waals surface area contributed by atoms with Gasteiger partial charge in [-0.15, -0.1) is 0 Å². The van der Waals surface area contributed by atoms with Crippen molar-refractivity contribution < 1.29 is 4.79 Å². The van der Waals surface area contributed by atoms with Crippen molar-refractivity contribution in [1.82, 2.24) is 0 Å². The van der Waals surface area contributed by atoms with E-state index in [0.29, 0.717) is 12.3 Å². The van der Waals surface area contributed by atoms with E-state index in [2.05, 4.69) is 63.6 Å². The van der Waals surface area contributed by atoms with Crippen LogP contribution in [-0.4, -0.2) is 17.8 Å². The Kier molecular flexibility index (Phi) is 3.89. The molecule has 0 saturated carbocycles. The quantitative estimate of drug-likeness (QED) is 0.557.